The molecule has 1 amide bonds. The van der Waals surface area contributed by atoms with Crippen LogP contribution in [0.2, 0.25) is 0 Å². The third-order valence-electron chi connectivity index (χ3n) is 4.17. The summed E-state index contributed by atoms with van der Waals surface area (Å²) >= 11 is 0. The van der Waals surface area contributed by atoms with Crippen molar-refractivity contribution in [3.8, 4) is 0 Å². The van der Waals surface area contributed by atoms with Gasteiger partial charge in [-0.2, -0.15) is 0 Å². The van der Waals surface area contributed by atoms with Crippen LogP contribution in [0.3, 0.4) is 0 Å². The highest BCUT2D eigenvalue weighted by atomic mass is 35.7. The van der Waals surface area contributed by atoms with Crippen LogP contribution in [0.1, 0.15) is 47.2 Å². The van der Waals surface area contributed by atoms with E-state index in [0.717, 1.165) is 18.4 Å². The molecule has 1 fully saturated rings. The fraction of sp³-hybridized carbons (Fsp3) is 0.533. The molecule has 1 aromatic rings. The number of carbonyl (C=O) groups is 1. The molecule has 21 heavy (non-hydrogen) atoms. The van der Waals surface area contributed by atoms with Crippen LogP contribution in [0.15, 0.2) is 17.0 Å². The summed E-state index contributed by atoms with van der Waals surface area (Å²) in [7, 11) is 1.58. The molecule has 0 unspecified atom stereocenters. The Bertz CT molecular complexity index is 649. The lowest BCUT2D eigenvalue weighted by atomic mass is 10.0. The molecule has 0 radical (unpaired) electrons. The lowest BCUT2D eigenvalue weighted by Crippen LogP contribution is -2.28. The molecule has 6 heteroatoms. The first kappa shape index (κ1) is 16.3. The summed E-state index contributed by atoms with van der Waals surface area (Å²) in [4.78, 5) is 12.2. The van der Waals surface area contributed by atoms with Gasteiger partial charge in [0.05, 0.1) is 4.90 Å². The van der Waals surface area contributed by atoms with Gasteiger partial charge in [-0.1, -0.05) is 12.8 Å². The van der Waals surface area contributed by atoms with Crippen molar-refractivity contribution < 1.29 is 13.2 Å². The Balaban J connectivity index is 2.19. The molecule has 1 saturated carbocycles. The van der Waals surface area contributed by atoms with Crippen LogP contribution in [0.4, 0.5) is 0 Å². The summed E-state index contributed by atoms with van der Waals surface area (Å²) in [6.07, 6.45) is 4.74. The van der Waals surface area contributed by atoms with Gasteiger partial charge in [0.1, 0.15) is 0 Å². The number of hydrogen-bond acceptors (Lipinski definition) is 3. The maximum Gasteiger partial charge on any atom is 0.261 e. The zero-order valence-corrected chi connectivity index (χ0v) is 13.9. The van der Waals surface area contributed by atoms with Crippen LogP contribution < -0.4 is 5.32 Å². The fourth-order valence-electron chi connectivity index (χ4n) is 2.76. The molecule has 4 nitrogen and oxygen atoms in total. The maximum absolute atomic E-state index is 12.2. The number of carbonyl (C=O) groups excluding carboxylic acids is 1. The first-order valence-electron chi connectivity index (χ1n) is 7.13. The van der Waals surface area contributed by atoms with Crippen molar-refractivity contribution in [1.82, 2.24) is 5.32 Å². The SMILES string of the molecule is Cc1cc(C(=O)NCC2CCCC2)cc(S(=O)(=O)Cl)c1C. The van der Waals surface area contributed by atoms with Crippen LogP contribution in [-0.2, 0) is 9.05 Å². The van der Waals surface area contributed by atoms with E-state index in [1.165, 1.54) is 18.9 Å². The molecular weight excluding hydrogens is 310 g/mol. The second-order valence-electron chi connectivity index (χ2n) is 5.71. The Hall–Kier alpha value is -1.07. The Morgan fingerprint density at radius 3 is 2.48 bits per heavy atom. The average molecular weight is 330 g/mol. The minimum absolute atomic E-state index is 0.00943. The Morgan fingerprint density at radius 1 is 1.29 bits per heavy atom. The maximum atomic E-state index is 12.2. The van der Waals surface area contributed by atoms with Gasteiger partial charge in [-0.3, -0.25) is 4.79 Å². The minimum Gasteiger partial charge on any atom is -0.352 e. The third kappa shape index (κ3) is 3.98. The van der Waals surface area contributed by atoms with Gasteiger partial charge in [0.25, 0.3) is 15.0 Å². The number of halogens is 1. The molecule has 2 rings (SSSR count). The van der Waals surface area contributed by atoms with E-state index in [1.54, 1.807) is 19.9 Å². The molecule has 0 aromatic heterocycles. The fourth-order valence-corrected chi connectivity index (χ4v) is 4.04. The summed E-state index contributed by atoms with van der Waals surface area (Å²) in [6.45, 7) is 4.11. The van der Waals surface area contributed by atoms with Crippen LogP contribution in [-0.4, -0.2) is 20.9 Å². The van der Waals surface area contributed by atoms with Gasteiger partial charge in [0.15, 0.2) is 0 Å². The number of benzene rings is 1. The molecule has 1 N–H and O–H groups in total. The Kier molecular flexibility index (Phi) is 4.94. The monoisotopic (exact) mass is 329 g/mol. The molecule has 1 aliphatic rings. The summed E-state index contributed by atoms with van der Waals surface area (Å²) in [6, 6.07) is 3.06. The van der Waals surface area contributed by atoms with Gasteiger partial charge < -0.3 is 5.32 Å². The zero-order chi connectivity index (χ0) is 15.6. The standard InChI is InChI=1S/C15H20ClNO3S/c1-10-7-13(8-14(11(10)2)21(16,19)20)15(18)17-9-12-5-3-4-6-12/h7-8,12H,3-6,9H2,1-2H3,(H,17,18). The van der Waals surface area contributed by atoms with Crippen LogP contribution in [0, 0.1) is 19.8 Å². The third-order valence-corrected chi connectivity index (χ3v) is 5.62. The highest BCUT2D eigenvalue weighted by Gasteiger charge is 2.20. The van der Waals surface area contributed by atoms with E-state index in [4.69, 9.17) is 10.7 Å². The first-order valence-corrected chi connectivity index (χ1v) is 9.44. The van der Waals surface area contributed by atoms with Crippen LogP contribution >= 0.6 is 10.7 Å². The lowest BCUT2D eigenvalue weighted by Gasteiger charge is -2.13. The summed E-state index contributed by atoms with van der Waals surface area (Å²) < 4.78 is 23.2. The number of nitrogens with one attached hydrogen (secondary N) is 1. The number of hydrogen-bond donors (Lipinski definition) is 1. The van der Waals surface area contributed by atoms with Gasteiger partial charge in [0.2, 0.25) is 0 Å². The van der Waals surface area contributed by atoms with Crippen molar-refractivity contribution in [2.45, 2.75) is 44.4 Å². The average Bonchev–Trinajstić information content (AvgIpc) is 2.90. The number of amides is 1. The minimum atomic E-state index is -3.85. The molecule has 1 aromatic carbocycles. The molecule has 116 valence electrons. The zero-order valence-electron chi connectivity index (χ0n) is 12.3. The second-order valence-corrected chi connectivity index (χ2v) is 8.25. The van der Waals surface area contributed by atoms with Crippen molar-refractivity contribution in [1.29, 1.82) is 0 Å². The van der Waals surface area contributed by atoms with Crippen molar-refractivity contribution in [3.05, 3.63) is 28.8 Å². The van der Waals surface area contributed by atoms with E-state index in [-0.39, 0.29) is 10.8 Å². The molecule has 0 heterocycles. The van der Waals surface area contributed by atoms with E-state index in [9.17, 15) is 13.2 Å². The molecule has 0 aliphatic heterocycles. The normalized spacial score (nSPS) is 16.1. The largest absolute Gasteiger partial charge is 0.352 e. The first-order chi connectivity index (χ1) is 9.79. The smallest absolute Gasteiger partial charge is 0.261 e. The van der Waals surface area contributed by atoms with Crippen molar-refractivity contribution in [2.24, 2.45) is 5.92 Å². The summed E-state index contributed by atoms with van der Waals surface area (Å²) in [5, 5.41) is 2.89. The van der Waals surface area contributed by atoms with E-state index in [0.29, 0.717) is 23.6 Å². The molecule has 0 saturated heterocycles. The predicted molar refractivity (Wildman–Crippen MR) is 83.2 cm³/mol. The molecule has 0 spiro atoms. The van der Waals surface area contributed by atoms with Gasteiger partial charge in [-0.05, 0) is 55.9 Å². The van der Waals surface area contributed by atoms with E-state index in [2.05, 4.69) is 5.32 Å². The van der Waals surface area contributed by atoms with Crippen molar-refractivity contribution >= 4 is 25.6 Å². The lowest BCUT2D eigenvalue weighted by molar-refractivity contribution is 0.0947. The highest BCUT2D eigenvalue weighted by Crippen LogP contribution is 2.25. The molecular formula is C15H20ClNO3S. The molecule has 0 atom stereocenters. The Morgan fingerprint density at radius 2 is 1.90 bits per heavy atom. The van der Waals surface area contributed by atoms with Crippen LogP contribution in [0.5, 0.6) is 0 Å². The van der Waals surface area contributed by atoms with E-state index < -0.39 is 9.05 Å². The van der Waals surface area contributed by atoms with E-state index >= 15 is 0 Å². The molecule has 0 bridgehead atoms. The van der Waals surface area contributed by atoms with Crippen molar-refractivity contribution in [3.63, 3.8) is 0 Å². The number of rotatable bonds is 4. The Labute approximate surface area is 130 Å². The van der Waals surface area contributed by atoms with Gasteiger partial charge >= 0.3 is 0 Å². The van der Waals surface area contributed by atoms with Gasteiger partial charge in [0, 0.05) is 22.8 Å². The summed E-state index contributed by atoms with van der Waals surface area (Å²) in [5.41, 5.74) is 1.66. The van der Waals surface area contributed by atoms with Gasteiger partial charge in [-0.25, -0.2) is 8.42 Å². The second kappa shape index (κ2) is 6.36. The van der Waals surface area contributed by atoms with Gasteiger partial charge in [-0.15, -0.1) is 0 Å². The summed E-state index contributed by atoms with van der Waals surface area (Å²) in [5.74, 6) is 0.295. The van der Waals surface area contributed by atoms with Crippen LogP contribution in [0.25, 0.3) is 0 Å². The molecule has 1 aliphatic carbocycles. The topological polar surface area (TPSA) is 63.2 Å². The van der Waals surface area contributed by atoms with Crippen molar-refractivity contribution in [2.75, 3.05) is 6.54 Å². The quantitative estimate of drug-likeness (QED) is 0.863. The number of aryl methyl sites for hydroxylation is 1. The van der Waals surface area contributed by atoms with E-state index in [1.807, 2.05) is 0 Å². The predicted octanol–water partition coefficient (Wildman–Crippen LogP) is 3.15. The highest BCUT2D eigenvalue weighted by molar-refractivity contribution is 8.13.